The number of likely N-dealkylation sites (N-methyl/N-ethyl adjacent to an activating group) is 1. The molecule has 5 nitrogen and oxygen atoms in total. The molecule has 1 amide bonds. The number of hydrogen-bond acceptors (Lipinski definition) is 3. The Hall–Kier alpha value is -1.88. The molecule has 1 aromatic rings. The highest BCUT2D eigenvalue weighted by Gasteiger charge is 2.26. The molecule has 0 aliphatic rings. The lowest BCUT2D eigenvalue weighted by Crippen LogP contribution is -2.49. The number of carbonyl (C=O) groups is 2. The second-order valence-electron chi connectivity index (χ2n) is 5.38. The molecule has 0 atom stereocenters. The smallest absolute Gasteiger partial charge is 0.336 e. The largest absolute Gasteiger partial charge is 0.478 e. The zero-order chi connectivity index (χ0) is 15.5. The van der Waals surface area contributed by atoms with Gasteiger partial charge in [0.15, 0.2) is 0 Å². The molecule has 0 spiro atoms. The number of amides is 1. The van der Waals surface area contributed by atoms with Gasteiger partial charge in [0.1, 0.15) is 0 Å². The van der Waals surface area contributed by atoms with Crippen LogP contribution in [0.25, 0.3) is 0 Å². The number of carbonyl (C=O) groups excluding carboxylic acids is 1. The van der Waals surface area contributed by atoms with E-state index in [0.717, 1.165) is 5.56 Å². The van der Waals surface area contributed by atoms with Gasteiger partial charge in [-0.3, -0.25) is 4.79 Å². The molecule has 110 valence electrons. The summed E-state index contributed by atoms with van der Waals surface area (Å²) >= 11 is 0. The number of aryl methyl sites for hydroxylation is 1. The van der Waals surface area contributed by atoms with Gasteiger partial charge >= 0.3 is 5.97 Å². The number of carboxylic acids is 1. The van der Waals surface area contributed by atoms with Crippen molar-refractivity contribution >= 4 is 17.6 Å². The Bertz CT molecular complexity index is 536. The first-order valence-corrected chi connectivity index (χ1v) is 6.60. The van der Waals surface area contributed by atoms with Crippen LogP contribution in [0.4, 0.5) is 5.69 Å². The predicted molar refractivity (Wildman–Crippen MR) is 79.3 cm³/mol. The Morgan fingerprint density at radius 1 is 1.25 bits per heavy atom. The third-order valence-electron chi connectivity index (χ3n) is 3.34. The predicted octanol–water partition coefficient (Wildman–Crippen LogP) is 2.33. The van der Waals surface area contributed by atoms with Crippen LogP contribution in [0, 0.1) is 13.8 Å². The maximum atomic E-state index is 12.2. The maximum absolute atomic E-state index is 12.2. The molecule has 20 heavy (non-hydrogen) atoms. The number of rotatable bonds is 5. The van der Waals surface area contributed by atoms with Crippen LogP contribution < -0.4 is 10.6 Å². The van der Waals surface area contributed by atoms with Crippen LogP contribution in [0.3, 0.4) is 0 Å². The van der Waals surface area contributed by atoms with Crippen molar-refractivity contribution in [3.63, 3.8) is 0 Å². The average molecular weight is 278 g/mol. The van der Waals surface area contributed by atoms with Gasteiger partial charge in [0, 0.05) is 5.69 Å². The number of hydrogen-bond donors (Lipinski definition) is 3. The number of nitrogens with one attached hydrogen (secondary N) is 2. The van der Waals surface area contributed by atoms with E-state index in [-0.39, 0.29) is 11.5 Å². The van der Waals surface area contributed by atoms with Gasteiger partial charge in [0.25, 0.3) is 0 Å². The molecule has 0 unspecified atom stereocenters. The van der Waals surface area contributed by atoms with Crippen molar-refractivity contribution in [1.29, 1.82) is 0 Å². The molecule has 3 N–H and O–H groups in total. The van der Waals surface area contributed by atoms with Gasteiger partial charge in [-0.1, -0.05) is 6.92 Å². The van der Waals surface area contributed by atoms with Crippen LogP contribution in [0.1, 0.15) is 42.3 Å². The average Bonchev–Trinajstić information content (AvgIpc) is 2.32. The fourth-order valence-electron chi connectivity index (χ4n) is 1.96. The van der Waals surface area contributed by atoms with Crippen molar-refractivity contribution in [1.82, 2.24) is 5.32 Å². The SMILES string of the molecule is CCNC(C)(C)C(=O)Nc1cc(C)c(C)c(C(=O)O)c1. The Labute approximate surface area is 119 Å². The van der Waals surface area contributed by atoms with Gasteiger partial charge < -0.3 is 15.7 Å². The lowest BCUT2D eigenvalue weighted by Gasteiger charge is -2.24. The highest BCUT2D eigenvalue weighted by molar-refractivity contribution is 5.99. The lowest BCUT2D eigenvalue weighted by atomic mass is 10.0. The fraction of sp³-hybridized carbons (Fsp3) is 0.467. The topological polar surface area (TPSA) is 78.4 Å². The summed E-state index contributed by atoms with van der Waals surface area (Å²) in [4.78, 5) is 23.4. The van der Waals surface area contributed by atoms with E-state index in [2.05, 4.69) is 10.6 Å². The Kier molecular flexibility index (Phi) is 4.89. The minimum absolute atomic E-state index is 0.195. The highest BCUT2D eigenvalue weighted by Crippen LogP contribution is 2.21. The molecule has 0 saturated heterocycles. The van der Waals surface area contributed by atoms with Crippen LogP contribution in [0.15, 0.2) is 12.1 Å². The van der Waals surface area contributed by atoms with Gasteiger partial charge in [-0.25, -0.2) is 4.79 Å². The van der Waals surface area contributed by atoms with Crippen molar-refractivity contribution in [2.24, 2.45) is 0 Å². The Morgan fingerprint density at radius 3 is 2.35 bits per heavy atom. The van der Waals surface area contributed by atoms with Crippen LogP contribution in [-0.2, 0) is 4.79 Å². The first-order valence-electron chi connectivity index (χ1n) is 6.60. The van der Waals surface area contributed by atoms with E-state index < -0.39 is 11.5 Å². The zero-order valence-electron chi connectivity index (χ0n) is 12.6. The molecule has 0 heterocycles. The van der Waals surface area contributed by atoms with E-state index in [1.807, 2.05) is 13.8 Å². The number of aromatic carboxylic acids is 1. The second kappa shape index (κ2) is 6.05. The van der Waals surface area contributed by atoms with Crippen LogP contribution in [0.5, 0.6) is 0 Å². The normalized spacial score (nSPS) is 11.2. The minimum Gasteiger partial charge on any atom is -0.478 e. The van der Waals surface area contributed by atoms with E-state index >= 15 is 0 Å². The third-order valence-corrected chi connectivity index (χ3v) is 3.34. The van der Waals surface area contributed by atoms with Gasteiger partial charge in [-0.2, -0.15) is 0 Å². The molecule has 0 bridgehead atoms. The molecule has 0 radical (unpaired) electrons. The summed E-state index contributed by atoms with van der Waals surface area (Å²) in [5, 5.41) is 15.0. The van der Waals surface area contributed by atoms with Crippen molar-refractivity contribution < 1.29 is 14.7 Å². The first-order chi connectivity index (χ1) is 9.19. The molecule has 0 saturated carbocycles. The van der Waals surface area contributed by atoms with Crippen LogP contribution in [0.2, 0.25) is 0 Å². The van der Waals surface area contributed by atoms with Gasteiger partial charge in [-0.15, -0.1) is 0 Å². The zero-order valence-corrected chi connectivity index (χ0v) is 12.6. The van der Waals surface area contributed by atoms with Crippen molar-refractivity contribution in [2.75, 3.05) is 11.9 Å². The molecular weight excluding hydrogens is 256 g/mol. The molecule has 1 aromatic carbocycles. The fourth-order valence-corrected chi connectivity index (χ4v) is 1.96. The Balaban J connectivity index is 3.05. The molecule has 5 heteroatoms. The maximum Gasteiger partial charge on any atom is 0.336 e. The lowest BCUT2D eigenvalue weighted by molar-refractivity contribution is -0.121. The standard InChI is InChI=1S/C15H22N2O3/c1-6-16-15(4,5)14(20)17-11-7-9(2)10(3)12(8-11)13(18)19/h7-8,16H,6H2,1-5H3,(H,17,20)(H,18,19). The van der Waals surface area contributed by atoms with E-state index in [4.69, 9.17) is 5.11 Å². The summed E-state index contributed by atoms with van der Waals surface area (Å²) in [5.41, 5.74) is 1.54. The van der Waals surface area contributed by atoms with Gasteiger partial charge in [0.2, 0.25) is 5.91 Å². The van der Waals surface area contributed by atoms with E-state index in [9.17, 15) is 9.59 Å². The summed E-state index contributed by atoms with van der Waals surface area (Å²) in [5.74, 6) is -1.19. The third kappa shape index (κ3) is 3.57. The molecule has 0 aliphatic carbocycles. The molecule has 1 rings (SSSR count). The van der Waals surface area contributed by atoms with E-state index in [0.29, 0.717) is 17.8 Å². The molecular formula is C15H22N2O3. The molecule has 0 fully saturated rings. The van der Waals surface area contributed by atoms with E-state index in [1.165, 1.54) is 6.07 Å². The summed E-state index contributed by atoms with van der Waals surface area (Å²) in [7, 11) is 0. The van der Waals surface area contributed by atoms with Crippen molar-refractivity contribution in [2.45, 2.75) is 40.2 Å². The minimum atomic E-state index is -0.993. The summed E-state index contributed by atoms with van der Waals surface area (Å²) in [6, 6.07) is 3.27. The summed E-state index contributed by atoms with van der Waals surface area (Å²) in [6.45, 7) is 9.75. The number of benzene rings is 1. The Morgan fingerprint density at radius 2 is 1.85 bits per heavy atom. The molecule has 0 aliphatic heterocycles. The highest BCUT2D eigenvalue weighted by atomic mass is 16.4. The first kappa shape index (κ1) is 16.2. The van der Waals surface area contributed by atoms with Crippen LogP contribution >= 0.6 is 0 Å². The number of anilines is 1. The second-order valence-corrected chi connectivity index (χ2v) is 5.38. The quantitative estimate of drug-likeness (QED) is 0.772. The monoisotopic (exact) mass is 278 g/mol. The summed E-state index contributed by atoms with van der Waals surface area (Å²) < 4.78 is 0. The van der Waals surface area contributed by atoms with Crippen molar-refractivity contribution in [3.05, 3.63) is 28.8 Å². The van der Waals surface area contributed by atoms with Gasteiger partial charge in [-0.05, 0) is 57.5 Å². The molecule has 0 aromatic heterocycles. The van der Waals surface area contributed by atoms with Crippen molar-refractivity contribution in [3.8, 4) is 0 Å². The van der Waals surface area contributed by atoms with Crippen LogP contribution in [-0.4, -0.2) is 29.1 Å². The van der Waals surface area contributed by atoms with E-state index in [1.54, 1.807) is 26.8 Å². The number of carboxylic acid groups (broad SMARTS) is 1. The summed E-state index contributed by atoms with van der Waals surface area (Å²) in [6.07, 6.45) is 0. The van der Waals surface area contributed by atoms with Gasteiger partial charge in [0.05, 0.1) is 11.1 Å².